The Hall–Kier alpha value is -1.63. The second-order valence-electron chi connectivity index (χ2n) is 3.44. The fourth-order valence-corrected chi connectivity index (χ4v) is 1.16. The van der Waals surface area contributed by atoms with Crippen LogP contribution in [0.15, 0.2) is 11.5 Å². The van der Waals surface area contributed by atoms with E-state index < -0.39 is 0 Å². The van der Waals surface area contributed by atoms with E-state index in [1.54, 1.807) is 6.33 Å². The summed E-state index contributed by atoms with van der Waals surface area (Å²) in [6, 6.07) is 0.123. The van der Waals surface area contributed by atoms with Crippen LogP contribution in [0.5, 0.6) is 0 Å². The molecule has 0 fully saturated rings. The summed E-state index contributed by atoms with van der Waals surface area (Å²) in [6.07, 6.45) is 2.14. The zero-order valence-corrected chi connectivity index (χ0v) is 8.88. The highest BCUT2D eigenvalue weighted by molar-refractivity contribution is 5.80. The van der Waals surface area contributed by atoms with E-state index in [9.17, 15) is 0 Å². The number of nitrogens with two attached hydrogens (primary N) is 1. The second kappa shape index (κ2) is 5.30. The highest BCUT2D eigenvalue weighted by Gasteiger charge is 2.06. The van der Waals surface area contributed by atoms with Gasteiger partial charge in [0.1, 0.15) is 18.0 Å². The van der Waals surface area contributed by atoms with Gasteiger partial charge < -0.3 is 20.8 Å². The van der Waals surface area contributed by atoms with Crippen molar-refractivity contribution in [2.75, 3.05) is 0 Å². The van der Waals surface area contributed by atoms with Gasteiger partial charge in [0.2, 0.25) is 0 Å². The van der Waals surface area contributed by atoms with Gasteiger partial charge in [-0.2, -0.15) is 0 Å². The average molecular weight is 212 g/mol. The Labute approximate surface area is 88.0 Å². The summed E-state index contributed by atoms with van der Waals surface area (Å²) in [5.74, 6) is 1.06. The van der Waals surface area contributed by atoms with Crippen molar-refractivity contribution in [3.05, 3.63) is 12.2 Å². The van der Waals surface area contributed by atoms with E-state index in [1.165, 1.54) is 0 Å². The third-order valence-corrected chi connectivity index (χ3v) is 2.06. The molecule has 1 aromatic heterocycles. The summed E-state index contributed by atoms with van der Waals surface area (Å²) in [7, 11) is 1.88. The molecular formula is C8H16N6O. The summed E-state index contributed by atoms with van der Waals surface area (Å²) in [5.41, 5.74) is 5.38. The molecule has 0 aromatic carbocycles. The van der Waals surface area contributed by atoms with E-state index in [-0.39, 0.29) is 11.9 Å². The van der Waals surface area contributed by atoms with E-state index in [0.29, 0.717) is 13.0 Å². The lowest BCUT2D eigenvalue weighted by Gasteiger charge is -2.11. The summed E-state index contributed by atoms with van der Waals surface area (Å²) < 4.78 is 1.84. The molecule has 7 nitrogen and oxygen atoms in total. The van der Waals surface area contributed by atoms with E-state index in [0.717, 1.165) is 5.82 Å². The number of amidine groups is 1. The molecule has 0 radical (unpaired) electrons. The first-order valence-corrected chi connectivity index (χ1v) is 4.66. The maximum absolute atomic E-state index is 8.39. The molecule has 1 rings (SSSR count). The molecule has 0 saturated heterocycles. The molecule has 0 spiro atoms. The number of hydrogen-bond donors (Lipinski definition) is 3. The van der Waals surface area contributed by atoms with Crippen LogP contribution in [0.3, 0.4) is 0 Å². The number of rotatable bonds is 5. The monoisotopic (exact) mass is 212 g/mol. The lowest BCUT2D eigenvalue weighted by Crippen LogP contribution is -2.31. The first-order valence-electron chi connectivity index (χ1n) is 4.66. The molecule has 0 aliphatic heterocycles. The third-order valence-electron chi connectivity index (χ3n) is 2.06. The summed E-state index contributed by atoms with van der Waals surface area (Å²) in [5, 5.41) is 22.2. The van der Waals surface area contributed by atoms with Gasteiger partial charge >= 0.3 is 0 Å². The largest absolute Gasteiger partial charge is 0.409 e. The second-order valence-corrected chi connectivity index (χ2v) is 3.44. The van der Waals surface area contributed by atoms with E-state index >= 15 is 0 Å². The molecule has 0 aliphatic carbocycles. The quantitative estimate of drug-likeness (QED) is 0.262. The predicted octanol–water partition coefficient (Wildman–Crippen LogP) is -0.570. The molecule has 1 heterocycles. The predicted molar refractivity (Wildman–Crippen MR) is 55.3 cm³/mol. The van der Waals surface area contributed by atoms with Gasteiger partial charge in [-0.3, -0.25) is 0 Å². The fraction of sp³-hybridized carbons (Fsp3) is 0.625. The molecule has 0 saturated carbocycles. The molecule has 4 N–H and O–H groups in total. The number of aryl methyl sites for hydroxylation is 1. The van der Waals surface area contributed by atoms with Crippen molar-refractivity contribution >= 4 is 5.84 Å². The summed E-state index contributed by atoms with van der Waals surface area (Å²) >= 11 is 0. The summed E-state index contributed by atoms with van der Waals surface area (Å²) in [4.78, 5) is 0. The maximum Gasteiger partial charge on any atom is 0.146 e. The van der Waals surface area contributed by atoms with Crippen LogP contribution >= 0.6 is 0 Å². The minimum absolute atomic E-state index is 0.123. The van der Waals surface area contributed by atoms with Gasteiger partial charge in [0.15, 0.2) is 0 Å². The lowest BCUT2D eigenvalue weighted by molar-refractivity contribution is 0.315. The molecule has 0 aliphatic rings. The van der Waals surface area contributed by atoms with Gasteiger partial charge in [0.05, 0.1) is 6.54 Å². The maximum atomic E-state index is 8.39. The highest BCUT2D eigenvalue weighted by atomic mass is 16.4. The van der Waals surface area contributed by atoms with Crippen LogP contribution in [-0.4, -0.2) is 31.8 Å². The molecule has 15 heavy (non-hydrogen) atoms. The van der Waals surface area contributed by atoms with Crippen LogP contribution in [0.25, 0.3) is 0 Å². The first kappa shape index (κ1) is 11.4. The molecular weight excluding hydrogens is 196 g/mol. The minimum atomic E-state index is 0.123. The molecule has 7 heteroatoms. The standard InChI is InChI=1S/C8H16N6O/c1-6(3-7(9)13-15)10-4-8-12-11-5-14(8)2/h5-6,10,15H,3-4H2,1-2H3,(H2,9,13). The van der Waals surface area contributed by atoms with Gasteiger partial charge in [-0.05, 0) is 6.92 Å². The zero-order chi connectivity index (χ0) is 11.3. The van der Waals surface area contributed by atoms with E-state index in [4.69, 9.17) is 10.9 Å². The van der Waals surface area contributed by atoms with Crippen LogP contribution < -0.4 is 11.1 Å². The van der Waals surface area contributed by atoms with Crippen LogP contribution in [-0.2, 0) is 13.6 Å². The molecule has 0 bridgehead atoms. The number of hydrogen-bond acceptors (Lipinski definition) is 5. The van der Waals surface area contributed by atoms with Gasteiger partial charge in [-0.15, -0.1) is 10.2 Å². The van der Waals surface area contributed by atoms with Crippen molar-refractivity contribution in [1.82, 2.24) is 20.1 Å². The smallest absolute Gasteiger partial charge is 0.146 e. The third kappa shape index (κ3) is 3.55. The Bertz CT molecular complexity index is 334. The van der Waals surface area contributed by atoms with Crippen molar-refractivity contribution in [2.45, 2.75) is 25.9 Å². The lowest BCUT2D eigenvalue weighted by atomic mass is 10.2. The Morgan fingerprint density at radius 3 is 3.07 bits per heavy atom. The van der Waals surface area contributed by atoms with Crippen molar-refractivity contribution in [3.63, 3.8) is 0 Å². The zero-order valence-electron chi connectivity index (χ0n) is 8.88. The van der Waals surface area contributed by atoms with Gasteiger partial charge in [-0.25, -0.2) is 0 Å². The van der Waals surface area contributed by atoms with E-state index in [2.05, 4.69) is 20.7 Å². The fourth-order valence-electron chi connectivity index (χ4n) is 1.16. The first-order chi connectivity index (χ1) is 7.13. The van der Waals surface area contributed by atoms with Gasteiger partial charge in [0, 0.05) is 19.5 Å². The summed E-state index contributed by atoms with van der Waals surface area (Å²) in [6.45, 7) is 2.56. The Kier molecular flexibility index (Phi) is 4.04. The Morgan fingerprint density at radius 2 is 2.53 bits per heavy atom. The average Bonchev–Trinajstić information content (AvgIpc) is 2.61. The SMILES string of the molecule is CC(CC(N)=NO)NCc1nncn1C. The molecule has 0 amide bonds. The molecule has 1 aromatic rings. The van der Waals surface area contributed by atoms with Crippen LogP contribution in [0, 0.1) is 0 Å². The van der Waals surface area contributed by atoms with Crippen molar-refractivity contribution < 1.29 is 5.21 Å². The molecule has 1 unspecified atom stereocenters. The Morgan fingerprint density at radius 1 is 1.80 bits per heavy atom. The molecule has 1 atom stereocenters. The van der Waals surface area contributed by atoms with Crippen molar-refractivity contribution in [1.29, 1.82) is 0 Å². The van der Waals surface area contributed by atoms with Crippen molar-refractivity contribution in [3.8, 4) is 0 Å². The topological polar surface area (TPSA) is 101 Å². The van der Waals surface area contributed by atoms with Crippen LogP contribution in [0.1, 0.15) is 19.2 Å². The minimum Gasteiger partial charge on any atom is -0.409 e. The van der Waals surface area contributed by atoms with Gasteiger partial charge in [-0.1, -0.05) is 5.16 Å². The normalized spacial score (nSPS) is 14.1. The number of nitrogens with one attached hydrogen (secondary N) is 1. The molecule has 84 valence electrons. The van der Waals surface area contributed by atoms with Gasteiger partial charge in [0.25, 0.3) is 0 Å². The number of aromatic nitrogens is 3. The highest BCUT2D eigenvalue weighted by Crippen LogP contribution is 1.95. The number of oxime groups is 1. The van der Waals surface area contributed by atoms with Crippen LogP contribution in [0.2, 0.25) is 0 Å². The van der Waals surface area contributed by atoms with E-state index in [1.807, 2.05) is 18.5 Å². The van der Waals surface area contributed by atoms with Crippen molar-refractivity contribution in [2.24, 2.45) is 17.9 Å². The number of nitrogens with zero attached hydrogens (tertiary/aromatic N) is 4. The van der Waals surface area contributed by atoms with Crippen LogP contribution in [0.4, 0.5) is 0 Å². The Balaban J connectivity index is 2.34.